The number of hydrogen-bond acceptors (Lipinski definition) is 2. The standard InChI is InChI=1S/C17H16O2/c1-11-12(2)17(18)16(14-9-6-10-19-14)15(11)13-7-4-3-5-8-13/h3-10,15-16H,1-2H3/t15-,16-/m1/s1. The van der Waals surface area contributed by atoms with Crippen LogP contribution in [0.5, 0.6) is 0 Å². The van der Waals surface area contributed by atoms with E-state index < -0.39 is 0 Å². The highest BCUT2D eigenvalue weighted by molar-refractivity contribution is 6.04. The topological polar surface area (TPSA) is 30.2 Å². The molecule has 96 valence electrons. The smallest absolute Gasteiger partial charge is 0.170 e. The van der Waals surface area contributed by atoms with E-state index in [0.29, 0.717) is 0 Å². The van der Waals surface area contributed by atoms with Crippen molar-refractivity contribution in [1.29, 1.82) is 0 Å². The van der Waals surface area contributed by atoms with Gasteiger partial charge in [-0.1, -0.05) is 35.9 Å². The van der Waals surface area contributed by atoms with Crippen LogP contribution in [0.1, 0.15) is 37.0 Å². The fraction of sp³-hybridized carbons (Fsp3) is 0.235. The molecular formula is C17H16O2. The Balaban J connectivity index is 2.11. The fourth-order valence-electron chi connectivity index (χ4n) is 2.93. The zero-order chi connectivity index (χ0) is 13.4. The molecule has 1 aromatic heterocycles. The van der Waals surface area contributed by atoms with Crippen LogP contribution in [0.4, 0.5) is 0 Å². The van der Waals surface area contributed by atoms with Crippen molar-refractivity contribution in [2.75, 3.05) is 0 Å². The minimum Gasteiger partial charge on any atom is -0.469 e. The molecule has 0 amide bonds. The van der Waals surface area contributed by atoms with Gasteiger partial charge in [0.15, 0.2) is 5.78 Å². The molecule has 1 aliphatic rings. The molecule has 2 heteroatoms. The lowest BCUT2D eigenvalue weighted by atomic mass is 9.83. The van der Waals surface area contributed by atoms with Crippen LogP contribution in [-0.4, -0.2) is 5.78 Å². The first-order valence-corrected chi connectivity index (χ1v) is 6.50. The van der Waals surface area contributed by atoms with E-state index in [0.717, 1.165) is 16.9 Å². The molecule has 0 saturated carbocycles. The number of rotatable bonds is 2. The van der Waals surface area contributed by atoms with Gasteiger partial charge < -0.3 is 4.42 Å². The number of hydrogen-bond donors (Lipinski definition) is 0. The number of carbonyl (C=O) groups is 1. The second-order valence-corrected chi connectivity index (χ2v) is 5.05. The highest BCUT2D eigenvalue weighted by atomic mass is 16.3. The van der Waals surface area contributed by atoms with Crippen LogP contribution in [0.25, 0.3) is 0 Å². The van der Waals surface area contributed by atoms with Crippen LogP contribution >= 0.6 is 0 Å². The van der Waals surface area contributed by atoms with Crippen LogP contribution in [0, 0.1) is 0 Å². The third-order valence-corrected chi connectivity index (χ3v) is 4.05. The zero-order valence-corrected chi connectivity index (χ0v) is 11.1. The summed E-state index contributed by atoms with van der Waals surface area (Å²) in [5.74, 6) is 0.827. The summed E-state index contributed by atoms with van der Waals surface area (Å²) in [6.45, 7) is 3.96. The molecule has 0 unspecified atom stereocenters. The van der Waals surface area contributed by atoms with Crippen molar-refractivity contribution in [1.82, 2.24) is 0 Å². The Morgan fingerprint density at radius 2 is 1.68 bits per heavy atom. The van der Waals surface area contributed by atoms with E-state index in [1.165, 1.54) is 5.56 Å². The summed E-state index contributed by atoms with van der Waals surface area (Å²) in [6.07, 6.45) is 1.63. The largest absolute Gasteiger partial charge is 0.469 e. The van der Waals surface area contributed by atoms with E-state index in [-0.39, 0.29) is 17.6 Å². The zero-order valence-electron chi connectivity index (χ0n) is 11.1. The third kappa shape index (κ3) is 1.84. The number of ketones is 1. The number of allylic oxidation sites excluding steroid dienone is 2. The summed E-state index contributed by atoms with van der Waals surface area (Å²) in [5.41, 5.74) is 3.19. The van der Waals surface area contributed by atoms with Crippen LogP contribution in [-0.2, 0) is 4.79 Å². The van der Waals surface area contributed by atoms with Gasteiger partial charge in [-0.25, -0.2) is 0 Å². The summed E-state index contributed by atoms with van der Waals surface area (Å²) >= 11 is 0. The second kappa shape index (κ2) is 4.54. The summed E-state index contributed by atoms with van der Waals surface area (Å²) in [7, 11) is 0. The van der Waals surface area contributed by atoms with Crippen molar-refractivity contribution in [2.45, 2.75) is 25.7 Å². The normalized spacial score (nSPS) is 23.2. The summed E-state index contributed by atoms with van der Waals surface area (Å²) < 4.78 is 5.49. The molecule has 0 spiro atoms. The lowest BCUT2D eigenvalue weighted by Gasteiger charge is -2.19. The van der Waals surface area contributed by atoms with Gasteiger partial charge in [0.25, 0.3) is 0 Å². The molecule has 0 bridgehead atoms. The monoisotopic (exact) mass is 252 g/mol. The molecule has 3 rings (SSSR count). The molecule has 0 saturated heterocycles. The van der Waals surface area contributed by atoms with Gasteiger partial charge in [0.1, 0.15) is 5.76 Å². The molecule has 0 radical (unpaired) electrons. The maximum atomic E-state index is 12.5. The Bertz CT molecular complexity index is 621. The van der Waals surface area contributed by atoms with Crippen LogP contribution in [0.3, 0.4) is 0 Å². The second-order valence-electron chi connectivity index (χ2n) is 5.05. The van der Waals surface area contributed by atoms with Crippen LogP contribution in [0.15, 0.2) is 64.3 Å². The minimum atomic E-state index is -0.211. The molecule has 0 N–H and O–H groups in total. The molecule has 0 aliphatic heterocycles. The van der Waals surface area contributed by atoms with Gasteiger partial charge in [-0.2, -0.15) is 0 Å². The molecule has 0 fully saturated rings. The lowest BCUT2D eigenvalue weighted by Crippen LogP contribution is -2.13. The molecule has 1 heterocycles. The average molecular weight is 252 g/mol. The molecule has 1 aliphatic carbocycles. The maximum Gasteiger partial charge on any atom is 0.170 e. The molecule has 2 aromatic rings. The van der Waals surface area contributed by atoms with Crippen molar-refractivity contribution in [3.8, 4) is 0 Å². The number of benzene rings is 1. The molecule has 2 nitrogen and oxygen atoms in total. The van der Waals surface area contributed by atoms with Crippen molar-refractivity contribution in [3.63, 3.8) is 0 Å². The molecule has 1 aromatic carbocycles. The van der Waals surface area contributed by atoms with Gasteiger partial charge in [0.2, 0.25) is 0 Å². The van der Waals surface area contributed by atoms with Crippen molar-refractivity contribution >= 4 is 5.78 Å². The highest BCUT2D eigenvalue weighted by Crippen LogP contribution is 2.46. The summed E-state index contributed by atoms with van der Waals surface area (Å²) in [6, 6.07) is 13.9. The van der Waals surface area contributed by atoms with E-state index in [1.807, 2.05) is 44.2 Å². The first kappa shape index (κ1) is 12.0. The number of Topliss-reactive ketones (excluding diaryl/α,β-unsaturated/α-hetero) is 1. The van der Waals surface area contributed by atoms with Crippen LogP contribution in [0.2, 0.25) is 0 Å². The Morgan fingerprint density at radius 1 is 0.947 bits per heavy atom. The van der Waals surface area contributed by atoms with Gasteiger partial charge in [-0.3, -0.25) is 4.79 Å². The van der Waals surface area contributed by atoms with E-state index in [2.05, 4.69) is 12.1 Å². The van der Waals surface area contributed by atoms with Crippen molar-refractivity contribution in [3.05, 3.63) is 71.2 Å². The van der Waals surface area contributed by atoms with Crippen molar-refractivity contribution in [2.24, 2.45) is 0 Å². The maximum absolute atomic E-state index is 12.5. The van der Waals surface area contributed by atoms with Crippen molar-refractivity contribution < 1.29 is 9.21 Å². The van der Waals surface area contributed by atoms with Crippen LogP contribution < -0.4 is 0 Å². The summed E-state index contributed by atoms with van der Waals surface area (Å²) in [4.78, 5) is 12.5. The van der Waals surface area contributed by atoms with E-state index in [1.54, 1.807) is 6.26 Å². The van der Waals surface area contributed by atoms with E-state index >= 15 is 0 Å². The fourth-order valence-corrected chi connectivity index (χ4v) is 2.93. The quantitative estimate of drug-likeness (QED) is 0.806. The predicted molar refractivity (Wildman–Crippen MR) is 74.0 cm³/mol. The first-order valence-electron chi connectivity index (χ1n) is 6.50. The van der Waals surface area contributed by atoms with Gasteiger partial charge in [0.05, 0.1) is 12.2 Å². The van der Waals surface area contributed by atoms with Gasteiger partial charge >= 0.3 is 0 Å². The average Bonchev–Trinajstić information content (AvgIpc) is 3.03. The Labute approximate surface area is 112 Å². The van der Waals surface area contributed by atoms with E-state index in [9.17, 15) is 4.79 Å². The van der Waals surface area contributed by atoms with Gasteiger partial charge in [-0.05, 0) is 37.1 Å². The van der Waals surface area contributed by atoms with E-state index in [4.69, 9.17) is 4.42 Å². The Hall–Kier alpha value is -2.09. The lowest BCUT2D eigenvalue weighted by molar-refractivity contribution is -0.116. The molecule has 19 heavy (non-hydrogen) atoms. The Morgan fingerprint density at radius 3 is 2.32 bits per heavy atom. The first-order chi connectivity index (χ1) is 9.20. The molecule has 2 atom stereocenters. The Kier molecular flexibility index (Phi) is 2.86. The summed E-state index contributed by atoms with van der Waals surface area (Å²) in [5, 5.41) is 0. The minimum absolute atomic E-state index is 0.0971. The number of carbonyl (C=O) groups excluding carboxylic acids is 1. The van der Waals surface area contributed by atoms with Gasteiger partial charge in [-0.15, -0.1) is 0 Å². The SMILES string of the molecule is CC1=C(C)[C@H](c2ccccc2)[C@@H](c2ccco2)C1=O. The predicted octanol–water partition coefficient (Wildman–Crippen LogP) is 4.07. The molecular weight excluding hydrogens is 236 g/mol. The highest BCUT2D eigenvalue weighted by Gasteiger charge is 2.41. The third-order valence-electron chi connectivity index (χ3n) is 4.05. The van der Waals surface area contributed by atoms with Gasteiger partial charge in [0, 0.05) is 5.92 Å². The number of furan rings is 1.